The van der Waals surface area contributed by atoms with Crippen molar-refractivity contribution >= 4 is 17.7 Å². The molecule has 5 N–H and O–H groups in total. The normalized spacial score (nSPS) is 15.6. The molecule has 0 saturated carbocycles. The van der Waals surface area contributed by atoms with Gasteiger partial charge in [-0.15, -0.1) is 0 Å². The van der Waals surface area contributed by atoms with Gasteiger partial charge in [-0.05, 0) is 6.42 Å². The minimum absolute atomic E-state index is 0.149. The highest BCUT2D eigenvalue weighted by molar-refractivity contribution is 7.99. The lowest BCUT2D eigenvalue weighted by Crippen LogP contribution is -2.33. The Morgan fingerprint density at radius 1 is 1.50 bits per heavy atom. The molecule has 0 heterocycles. The van der Waals surface area contributed by atoms with Crippen LogP contribution in [0.5, 0.6) is 0 Å². The van der Waals surface area contributed by atoms with Crippen molar-refractivity contribution in [2.45, 2.75) is 25.4 Å². The summed E-state index contributed by atoms with van der Waals surface area (Å²) in [7, 11) is 0. The van der Waals surface area contributed by atoms with Crippen LogP contribution in [-0.2, 0) is 4.79 Å². The molecule has 0 aliphatic rings. The van der Waals surface area contributed by atoms with Gasteiger partial charge >= 0.3 is 5.97 Å². The number of thioether (sulfide) groups is 1. The van der Waals surface area contributed by atoms with Crippen molar-refractivity contribution in [3.05, 3.63) is 0 Å². The number of hydrogen-bond acceptors (Lipinski definition) is 4. The van der Waals surface area contributed by atoms with Crippen molar-refractivity contribution < 1.29 is 9.90 Å². The van der Waals surface area contributed by atoms with Crippen molar-refractivity contribution in [2.75, 3.05) is 11.5 Å². The van der Waals surface area contributed by atoms with E-state index < -0.39 is 12.0 Å². The molecule has 0 rings (SSSR count). The van der Waals surface area contributed by atoms with Gasteiger partial charge in [-0.25, -0.2) is 0 Å². The van der Waals surface area contributed by atoms with Crippen LogP contribution in [0, 0.1) is 0 Å². The summed E-state index contributed by atoms with van der Waals surface area (Å²) in [6.07, 6.45) is 0.912. The number of aliphatic carboxylic acids is 1. The predicted octanol–water partition coefficient (Wildman–Crippen LogP) is -0.131. The molecule has 72 valence electrons. The Morgan fingerprint density at radius 3 is 2.50 bits per heavy atom. The molecular weight excluding hydrogens is 176 g/mol. The standard InChI is InChI=1S/C7H16N2O2S/c1-2-5(8)3-12-4-6(9)7(10)11/h5-6H,2-4,8-9H2,1H3,(H,10,11). The lowest BCUT2D eigenvalue weighted by molar-refractivity contribution is -0.137. The molecule has 0 bridgehead atoms. The molecule has 0 aliphatic carbocycles. The summed E-state index contributed by atoms with van der Waals surface area (Å²) in [5, 5.41) is 8.43. The van der Waals surface area contributed by atoms with Gasteiger partial charge in [0, 0.05) is 17.5 Å². The zero-order valence-corrected chi connectivity index (χ0v) is 8.01. The molecule has 0 spiro atoms. The second kappa shape index (κ2) is 6.28. The summed E-state index contributed by atoms with van der Waals surface area (Å²) in [5.74, 6) is 0.258. The Bertz CT molecular complexity index is 143. The van der Waals surface area contributed by atoms with E-state index in [-0.39, 0.29) is 6.04 Å². The summed E-state index contributed by atoms with van der Waals surface area (Å²) in [4.78, 5) is 10.3. The Kier molecular flexibility index (Phi) is 6.14. The molecule has 0 saturated heterocycles. The second-order valence-electron chi connectivity index (χ2n) is 2.65. The fraction of sp³-hybridized carbons (Fsp3) is 0.857. The van der Waals surface area contributed by atoms with Crippen molar-refractivity contribution in [1.82, 2.24) is 0 Å². The lowest BCUT2D eigenvalue weighted by atomic mass is 10.3. The summed E-state index contributed by atoms with van der Waals surface area (Å²) in [5.41, 5.74) is 10.9. The number of nitrogens with two attached hydrogens (primary N) is 2. The van der Waals surface area contributed by atoms with Crippen LogP contribution >= 0.6 is 11.8 Å². The van der Waals surface area contributed by atoms with Crippen molar-refractivity contribution in [3.8, 4) is 0 Å². The molecule has 0 aliphatic heterocycles. The highest BCUT2D eigenvalue weighted by atomic mass is 32.2. The topological polar surface area (TPSA) is 89.3 Å². The van der Waals surface area contributed by atoms with E-state index in [0.717, 1.165) is 12.2 Å². The molecule has 2 atom stereocenters. The summed E-state index contributed by atoms with van der Waals surface area (Å²) in [6, 6.07) is -0.616. The molecule has 0 amide bonds. The average molecular weight is 192 g/mol. The Hall–Kier alpha value is -0.260. The molecule has 2 unspecified atom stereocenters. The Labute approximate surface area is 76.7 Å². The molecule has 0 aromatic rings. The Morgan fingerprint density at radius 2 is 2.08 bits per heavy atom. The number of carboxylic acids is 1. The van der Waals surface area contributed by atoms with E-state index >= 15 is 0 Å². The van der Waals surface area contributed by atoms with Gasteiger partial charge < -0.3 is 16.6 Å². The fourth-order valence-electron chi connectivity index (χ4n) is 0.536. The molecule has 0 aromatic heterocycles. The maximum Gasteiger partial charge on any atom is 0.321 e. The summed E-state index contributed by atoms with van der Waals surface area (Å²) < 4.78 is 0. The van der Waals surface area contributed by atoms with Crippen LogP contribution in [0.2, 0.25) is 0 Å². The Balaban J connectivity index is 3.37. The monoisotopic (exact) mass is 192 g/mol. The zero-order chi connectivity index (χ0) is 9.56. The number of hydrogen-bond donors (Lipinski definition) is 3. The number of carboxylic acid groups (broad SMARTS) is 1. The third-order valence-corrected chi connectivity index (χ3v) is 2.73. The number of rotatable bonds is 6. The van der Waals surface area contributed by atoms with E-state index in [1.165, 1.54) is 11.8 Å². The van der Waals surface area contributed by atoms with Crippen LogP contribution in [0.1, 0.15) is 13.3 Å². The molecule has 5 heteroatoms. The van der Waals surface area contributed by atoms with Gasteiger partial charge in [-0.2, -0.15) is 11.8 Å². The first kappa shape index (κ1) is 11.7. The van der Waals surface area contributed by atoms with Crippen LogP contribution in [0.4, 0.5) is 0 Å². The van der Waals surface area contributed by atoms with Gasteiger partial charge in [0.15, 0.2) is 0 Å². The van der Waals surface area contributed by atoms with Gasteiger partial charge in [0.2, 0.25) is 0 Å². The minimum atomic E-state index is -0.951. The summed E-state index contributed by atoms with van der Waals surface area (Å²) in [6.45, 7) is 2.00. The van der Waals surface area contributed by atoms with Crippen LogP contribution in [0.25, 0.3) is 0 Å². The average Bonchev–Trinajstić information content (AvgIpc) is 2.03. The van der Waals surface area contributed by atoms with Crippen LogP contribution in [0.15, 0.2) is 0 Å². The quantitative estimate of drug-likeness (QED) is 0.545. The van der Waals surface area contributed by atoms with Gasteiger partial charge in [0.1, 0.15) is 6.04 Å². The van der Waals surface area contributed by atoms with Crippen molar-refractivity contribution in [2.24, 2.45) is 11.5 Å². The third kappa shape index (κ3) is 5.40. The largest absolute Gasteiger partial charge is 0.480 e. The molecular formula is C7H16N2O2S. The fourth-order valence-corrected chi connectivity index (χ4v) is 1.61. The van der Waals surface area contributed by atoms with Gasteiger partial charge in [-0.1, -0.05) is 6.92 Å². The minimum Gasteiger partial charge on any atom is -0.480 e. The lowest BCUT2D eigenvalue weighted by Gasteiger charge is -2.09. The van der Waals surface area contributed by atoms with E-state index in [0.29, 0.717) is 5.75 Å². The zero-order valence-electron chi connectivity index (χ0n) is 7.19. The van der Waals surface area contributed by atoms with Crippen LogP contribution in [-0.4, -0.2) is 34.7 Å². The SMILES string of the molecule is CCC(N)CSCC(N)C(=O)O. The van der Waals surface area contributed by atoms with E-state index in [4.69, 9.17) is 16.6 Å². The third-order valence-electron chi connectivity index (χ3n) is 1.47. The smallest absolute Gasteiger partial charge is 0.321 e. The van der Waals surface area contributed by atoms with Crippen LogP contribution in [0.3, 0.4) is 0 Å². The molecule has 4 nitrogen and oxygen atoms in total. The molecule has 0 aromatic carbocycles. The van der Waals surface area contributed by atoms with E-state index in [2.05, 4.69) is 0 Å². The first-order valence-electron chi connectivity index (χ1n) is 3.89. The van der Waals surface area contributed by atoms with E-state index in [1.54, 1.807) is 0 Å². The molecule has 12 heavy (non-hydrogen) atoms. The first-order valence-corrected chi connectivity index (χ1v) is 5.05. The summed E-state index contributed by atoms with van der Waals surface area (Å²) >= 11 is 1.49. The van der Waals surface area contributed by atoms with E-state index in [1.807, 2.05) is 6.92 Å². The highest BCUT2D eigenvalue weighted by Gasteiger charge is 2.11. The predicted molar refractivity (Wildman–Crippen MR) is 51.2 cm³/mol. The van der Waals surface area contributed by atoms with Crippen LogP contribution < -0.4 is 11.5 Å². The molecule has 0 radical (unpaired) electrons. The van der Waals surface area contributed by atoms with Gasteiger partial charge in [0.25, 0.3) is 0 Å². The number of carbonyl (C=O) groups is 1. The van der Waals surface area contributed by atoms with Crippen molar-refractivity contribution in [3.63, 3.8) is 0 Å². The first-order chi connectivity index (χ1) is 5.57. The highest BCUT2D eigenvalue weighted by Crippen LogP contribution is 2.04. The maximum atomic E-state index is 10.3. The van der Waals surface area contributed by atoms with Gasteiger partial charge in [0.05, 0.1) is 0 Å². The van der Waals surface area contributed by atoms with Crippen molar-refractivity contribution in [1.29, 1.82) is 0 Å². The second-order valence-corrected chi connectivity index (χ2v) is 3.73. The van der Waals surface area contributed by atoms with E-state index in [9.17, 15) is 4.79 Å². The van der Waals surface area contributed by atoms with Gasteiger partial charge in [-0.3, -0.25) is 4.79 Å². The molecule has 0 fully saturated rings. The maximum absolute atomic E-state index is 10.3.